The number of carbonyl (C=O) groups is 1. The van der Waals surface area contributed by atoms with Crippen LogP contribution in [-0.4, -0.2) is 25.3 Å². The summed E-state index contributed by atoms with van der Waals surface area (Å²) in [5.74, 6) is 0.173. The Hall–Kier alpha value is -3.34. The molecule has 26 heavy (non-hydrogen) atoms. The van der Waals surface area contributed by atoms with Crippen LogP contribution in [0.4, 0.5) is 0 Å². The SMILES string of the molecule is COC=C(C(=O)OC)c1ccccc1-c1cc(-c2ccc(C)cc2)on1. The van der Waals surface area contributed by atoms with E-state index in [0.29, 0.717) is 22.6 Å². The Kier molecular flexibility index (Phi) is 5.17. The number of ether oxygens (including phenoxy) is 2. The zero-order valence-corrected chi connectivity index (χ0v) is 14.9. The second kappa shape index (κ2) is 7.70. The van der Waals surface area contributed by atoms with E-state index in [2.05, 4.69) is 5.16 Å². The summed E-state index contributed by atoms with van der Waals surface area (Å²) in [6, 6.07) is 17.3. The molecule has 1 aromatic heterocycles. The lowest BCUT2D eigenvalue weighted by Gasteiger charge is -2.09. The Morgan fingerprint density at radius 1 is 1.08 bits per heavy atom. The highest BCUT2D eigenvalue weighted by Crippen LogP contribution is 2.32. The number of benzene rings is 2. The number of hydrogen-bond donors (Lipinski definition) is 0. The third-order valence-corrected chi connectivity index (χ3v) is 3.98. The number of aromatic nitrogens is 1. The number of esters is 1. The largest absolute Gasteiger partial charge is 0.503 e. The second-order valence-corrected chi connectivity index (χ2v) is 5.75. The van der Waals surface area contributed by atoms with Gasteiger partial charge in [0.05, 0.1) is 20.5 Å². The maximum atomic E-state index is 12.1. The van der Waals surface area contributed by atoms with Crippen molar-refractivity contribution in [2.75, 3.05) is 14.2 Å². The lowest BCUT2D eigenvalue weighted by molar-refractivity contribution is -0.133. The molecule has 1 heterocycles. The molecule has 0 amide bonds. The van der Waals surface area contributed by atoms with Crippen molar-refractivity contribution in [3.05, 3.63) is 72.0 Å². The van der Waals surface area contributed by atoms with Gasteiger partial charge in [0.25, 0.3) is 0 Å². The highest BCUT2D eigenvalue weighted by atomic mass is 16.5. The summed E-state index contributed by atoms with van der Waals surface area (Å²) in [5.41, 5.74) is 4.46. The van der Waals surface area contributed by atoms with Crippen molar-refractivity contribution in [2.45, 2.75) is 6.92 Å². The van der Waals surface area contributed by atoms with Crippen molar-refractivity contribution in [1.29, 1.82) is 0 Å². The molecule has 0 aliphatic heterocycles. The van der Waals surface area contributed by atoms with Gasteiger partial charge in [-0.25, -0.2) is 4.79 Å². The predicted molar refractivity (Wildman–Crippen MR) is 99.1 cm³/mol. The lowest BCUT2D eigenvalue weighted by atomic mass is 9.98. The fourth-order valence-electron chi connectivity index (χ4n) is 2.65. The molecule has 0 saturated heterocycles. The van der Waals surface area contributed by atoms with Crippen LogP contribution in [0.3, 0.4) is 0 Å². The van der Waals surface area contributed by atoms with Gasteiger partial charge in [0.15, 0.2) is 5.76 Å². The van der Waals surface area contributed by atoms with Crippen LogP contribution in [0.15, 0.2) is 65.4 Å². The molecule has 5 nitrogen and oxygen atoms in total. The minimum atomic E-state index is -0.485. The van der Waals surface area contributed by atoms with Crippen LogP contribution in [0.2, 0.25) is 0 Å². The number of hydrogen-bond acceptors (Lipinski definition) is 5. The van der Waals surface area contributed by atoms with E-state index < -0.39 is 5.97 Å². The van der Waals surface area contributed by atoms with Gasteiger partial charge in [-0.2, -0.15) is 0 Å². The van der Waals surface area contributed by atoms with Crippen molar-refractivity contribution in [3.8, 4) is 22.6 Å². The Morgan fingerprint density at radius 3 is 2.50 bits per heavy atom. The molecule has 132 valence electrons. The van der Waals surface area contributed by atoms with Gasteiger partial charge in [0.2, 0.25) is 0 Å². The number of aryl methyl sites for hydroxylation is 1. The van der Waals surface area contributed by atoms with Crippen molar-refractivity contribution in [3.63, 3.8) is 0 Å². The molecule has 0 bridgehead atoms. The van der Waals surface area contributed by atoms with Crippen molar-refractivity contribution in [2.24, 2.45) is 0 Å². The molecule has 0 fully saturated rings. The molecule has 3 rings (SSSR count). The van der Waals surface area contributed by atoms with Gasteiger partial charge in [-0.1, -0.05) is 59.3 Å². The Labute approximate surface area is 151 Å². The lowest BCUT2D eigenvalue weighted by Crippen LogP contribution is -2.05. The molecular formula is C21H19NO4. The molecule has 2 aromatic carbocycles. The number of rotatable bonds is 5. The van der Waals surface area contributed by atoms with Gasteiger partial charge < -0.3 is 14.0 Å². The zero-order chi connectivity index (χ0) is 18.5. The van der Waals surface area contributed by atoms with Crippen LogP contribution in [-0.2, 0) is 14.3 Å². The van der Waals surface area contributed by atoms with Crippen LogP contribution < -0.4 is 0 Å². The Bertz CT molecular complexity index is 939. The van der Waals surface area contributed by atoms with Crippen LogP contribution >= 0.6 is 0 Å². The first-order valence-corrected chi connectivity index (χ1v) is 8.09. The maximum absolute atomic E-state index is 12.1. The maximum Gasteiger partial charge on any atom is 0.341 e. The van der Waals surface area contributed by atoms with Crippen LogP contribution in [0.1, 0.15) is 11.1 Å². The number of methoxy groups -OCH3 is 2. The van der Waals surface area contributed by atoms with E-state index in [4.69, 9.17) is 14.0 Å². The van der Waals surface area contributed by atoms with E-state index in [1.54, 1.807) is 0 Å². The average molecular weight is 349 g/mol. The number of carbonyl (C=O) groups excluding carboxylic acids is 1. The van der Waals surface area contributed by atoms with Gasteiger partial charge in [0.1, 0.15) is 11.3 Å². The van der Waals surface area contributed by atoms with Gasteiger partial charge >= 0.3 is 5.97 Å². The molecule has 0 atom stereocenters. The molecule has 0 radical (unpaired) electrons. The van der Waals surface area contributed by atoms with Gasteiger partial charge in [-0.05, 0) is 6.92 Å². The molecule has 0 spiro atoms. The van der Waals surface area contributed by atoms with Gasteiger partial charge in [-0.3, -0.25) is 0 Å². The first kappa shape index (κ1) is 17.5. The van der Waals surface area contributed by atoms with E-state index in [-0.39, 0.29) is 0 Å². The first-order valence-electron chi connectivity index (χ1n) is 8.09. The predicted octanol–water partition coefficient (Wildman–Crippen LogP) is 4.48. The Balaban J connectivity index is 2.05. The fraction of sp³-hybridized carbons (Fsp3) is 0.143. The Morgan fingerprint density at radius 2 is 1.81 bits per heavy atom. The molecule has 0 aliphatic rings. The summed E-state index contributed by atoms with van der Waals surface area (Å²) in [7, 11) is 2.82. The third kappa shape index (κ3) is 3.52. The highest BCUT2D eigenvalue weighted by Gasteiger charge is 2.19. The monoisotopic (exact) mass is 349 g/mol. The molecule has 0 saturated carbocycles. The minimum absolute atomic E-state index is 0.311. The summed E-state index contributed by atoms with van der Waals surface area (Å²) in [6.07, 6.45) is 1.37. The van der Waals surface area contributed by atoms with E-state index in [9.17, 15) is 4.79 Å². The van der Waals surface area contributed by atoms with Crippen LogP contribution in [0.25, 0.3) is 28.2 Å². The zero-order valence-electron chi connectivity index (χ0n) is 14.9. The van der Waals surface area contributed by atoms with E-state index in [1.807, 2.05) is 61.5 Å². The molecule has 5 heteroatoms. The second-order valence-electron chi connectivity index (χ2n) is 5.75. The average Bonchev–Trinajstić information content (AvgIpc) is 3.16. The topological polar surface area (TPSA) is 61.6 Å². The molecule has 0 N–H and O–H groups in total. The molecule has 3 aromatic rings. The molecule has 0 unspecified atom stereocenters. The van der Waals surface area contributed by atoms with Crippen LogP contribution in [0.5, 0.6) is 0 Å². The van der Waals surface area contributed by atoms with Crippen LogP contribution in [0, 0.1) is 6.92 Å². The van der Waals surface area contributed by atoms with Crippen molar-refractivity contribution < 1.29 is 18.8 Å². The van der Waals surface area contributed by atoms with Crippen molar-refractivity contribution in [1.82, 2.24) is 5.16 Å². The van der Waals surface area contributed by atoms with Gasteiger partial charge in [0, 0.05) is 22.8 Å². The highest BCUT2D eigenvalue weighted by molar-refractivity contribution is 6.17. The first-order chi connectivity index (χ1) is 12.6. The molecule has 0 aliphatic carbocycles. The van der Waals surface area contributed by atoms with E-state index >= 15 is 0 Å². The summed E-state index contributed by atoms with van der Waals surface area (Å²) < 4.78 is 15.4. The minimum Gasteiger partial charge on any atom is -0.503 e. The summed E-state index contributed by atoms with van der Waals surface area (Å²) >= 11 is 0. The summed E-state index contributed by atoms with van der Waals surface area (Å²) in [5, 5.41) is 4.18. The summed E-state index contributed by atoms with van der Waals surface area (Å²) in [4.78, 5) is 12.1. The quantitative estimate of drug-likeness (QED) is 0.386. The fourth-order valence-corrected chi connectivity index (χ4v) is 2.65. The standard InChI is InChI=1S/C21H19NO4/c1-14-8-10-15(11-9-14)20-12-19(22-26-20)17-7-5-4-6-16(17)18(13-24-2)21(23)25-3/h4-13H,1-3H3. The van der Waals surface area contributed by atoms with Gasteiger partial charge in [-0.15, -0.1) is 0 Å². The van der Waals surface area contributed by atoms with E-state index in [0.717, 1.165) is 11.1 Å². The normalized spacial score (nSPS) is 11.3. The van der Waals surface area contributed by atoms with E-state index in [1.165, 1.54) is 26.0 Å². The third-order valence-electron chi connectivity index (χ3n) is 3.98. The smallest absolute Gasteiger partial charge is 0.341 e. The summed E-state index contributed by atoms with van der Waals surface area (Å²) in [6.45, 7) is 2.03. The molecular weight excluding hydrogens is 330 g/mol. The van der Waals surface area contributed by atoms with Crippen molar-refractivity contribution >= 4 is 11.5 Å². The number of nitrogens with zero attached hydrogens (tertiary/aromatic N) is 1.